The quantitative estimate of drug-likeness (QED) is 0.461. The smallest absolute Gasteiger partial charge is 0.338 e. The lowest BCUT2D eigenvalue weighted by atomic mass is 10.2. The predicted molar refractivity (Wildman–Crippen MR) is 130 cm³/mol. The Morgan fingerprint density at radius 3 is 2.15 bits per heavy atom. The first-order chi connectivity index (χ1) is 16.2. The molecule has 0 saturated carbocycles. The summed E-state index contributed by atoms with van der Waals surface area (Å²) in [5, 5.41) is 0. The van der Waals surface area contributed by atoms with Crippen molar-refractivity contribution in [3.05, 3.63) is 84.4 Å². The molecule has 9 heteroatoms. The molecule has 0 spiro atoms. The Morgan fingerprint density at radius 2 is 1.56 bits per heavy atom. The van der Waals surface area contributed by atoms with Crippen molar-refractivity contribution < 1.29 is 27.5 Å². The molecule has 1 unspecified atom stereocenters. The zero-order valence-corrected chi connectivity index (χ0v) is 19.9. The van der Waals surface area contributed by atoms with Crippen molar-refractivity contribution in [3.8, 4) is 5.75 Å². The van der Waals surface area contributed by atoms with Crippen LogP contribution in [0.15, 0.2) is 83.8 Å². The SMILES string of the molecule is CCOc1ccc(S(=O)(=O)Nc2ccc(C(=O)OC(C)C(=O)N(C)c3ccccc3)cc2)cc1. The van der Waals surface area contributed by atoms with Crippen LogP contribution in [0.1, 0.15) is 24.2 Å². The maximum atomic E-state index is 12.6. The van der Waals surface area contributed by atoms with Gasteiger partial charge in [-0.1, -0.05) is 18.2 Å². The van der Waals surface area contributed by atoms with E-state index in [4.69, 9.17) is 9.47 Å². The van der Waals surface area contributed by atoms with Gasteiger partial charge in [-0.25, -0.2) is 13.2 Å². The van der Waals surface area contributed by atoms with Crippen LogP contribution >= 0.6 is 0 Å². The van der Waals surface area contributed by atoms with Gasteiger partial charge in [-0.2, -0.15) is 0 Å². The molecular weight excluding hydrogens is 456 g/mol. The second-order valence-corrected chi connectivity index (χ2v) is 9.05. The molecule has 3 rings (SSSR count). The summed E-state index contributed by atoms with van der Waals surface area (Å²) in [6.07, 6.45) is -1.00. The average Bonchev–Trinajstić information content (AvgIpc) is 2.84. The van der Waals surface area contributed by atoms with Gasteiger partial charge >= 0.3 is 5.97 Å². The van der Waals surface area contributed by atoms with Gasteiger partial charge in [0.05, 0.1) is 17.1 Å². The Morgan fingerprint density at radius 1 is 0.941 bits per heavy atom. The molecule has 0 heterocycles. The van der Waals surface area contributed by atoms with Crippen LogP contribution in [0.2, 0.25) is 0 Å². The Labute approximate surface area is 199 Å². The van der Waals surface area contributed by atoms with Crippen molar-refractivity contribution in [2.24, 2.45) is 0 Å². The first kappa shape index (κ1) is 24.8. The number of anilines is 2. The van der Waals surface area contributed by atoms with E-state index in [9.17, 15) is 18.0 Å². The highest BCUT2D eigenvalue weighted by Gasteiger charge is 2.23. The molecular formula is C25H26N2O6S. The molecule has 0 saturated heterocycles. The van der Waals surface area contributed by atoms with Crippen LogP contribution in [0.4, 0.5) is 11.4 Å². The molecule has 0 aromatic heterocycles. The molecule has 0 bridgehead atoms. The normalized spacial score (nSPS) is 11.9. The Balaban J connectivity index is 1.62. The minimum absolute atomic E-state index is 0.0781. The lowest BCUT2D eigenvalue weighted by molar-refractivity contribution is -0.126. The summed E-state index contributed by atoms with van der Waals surface area (Å²) in [4.78, 5) is 26.5. The lowest BCUT2D eigenvalue weighted by Crippen LogP contribution is -2.37. The summed E-state index contributed by atoms with van der Waals surface area (Å²) in [6.45, 7) is 3.82. The molecule has 0 radical (unpaired) electrons. The summed E-state index contributed by atoms with van der Waals surface area (Å²) < 4.78 is 38.3. The second-order valence-electron chi connectivity index (χ2n) is 7.37. The third-order valence-electron chi connectivity index (χ3n) is 4.92. The summed E-state index contributed by atoms with van der Waals surface area (Å²) in [6, 6.07) is 20.8. The van der Waals surface area contributed by atoms with E-state index in [0.717, 1.165) is 0 Å². The molecule has 1 atom stereocenters. The number of nitrogens with zero attached hydrogens (tertiary/aromatic N) is 1. The van der Waals surface area contributed by atoms with Crippen LogP contribution < -0.4 is 14.4 Å². The Bertz CT molecular complexity index is 1230. The average molecular weight is 483 g/mol. The van der Waals surface area contributed by atoms with Crippen LogP contribution in [0.5, 0.6) is 5.75 Å². The number of benzene rings is 3. The maximum Gasteiger partial charge on any atom is 0.338 e. The highest BCUT2D eigenvalue weighted by Crippen LogP contribution is 2.20. The van der Waals surface area contributed by atoms with E-state index in [-0.39, 0.29) is 22.1 Å². The Kier molecular flexibility index (Phi) is 7.91. The predicted octanol–water partition coefficient (Wildman–Crippen LogP) is 4.09. The van der Waals surface area contributed by atoms with E-state index < -0.39 is 22.1 Å². The zero-order chi connectivity index (χ0) is 24.7. The van der Waals surface area contributed by atoms with Gasteiger partial charge in [0.1, 0.15) is 5.75 Å². The van der Waals surface area contributed by atoms with Crippen LogP contribution in [-0.2, 0) is 19.6 Å². The van der Waals surface area contributed by atoms with E-state index >= 15 is 0 Å². The van der Waals surface area contributed by atoms with Gasteiger partial charge in [0.25, 0.3) is 15.9 Å². The third-order valence-corrected chi connectivity index (χ3v) is 6.32. The molecule has 0 aliphatic carbocycles. The van der Waals surface area contributed by atoms with Crippen molar-refractivity contribution in [1.82, 2.24) is 0 Å². The van der Waals surface area contributed by atoms with Crippen LogP contribution in [0, 0.1) is 0 Å². The van der Waals surface area contributed by atoms with Gasteiger partial charge in [-0.15, -0.1) is 0 Å². The standard InChI is InChI=1S/C25H26N2O6S/c1-4-32-22-14-16-23(17-15-22)34(30,31)26-20-12-10-19(11-13-20)25(29)33-18(2)24(28)27(3)21-8-6-5-7-9-21/h5-18,26H,4H2,1-3H3. The molecule has 1 amide bonds. The van der Waals surface area contributed by atoms with E-state index in [1.807, 2.05) is 25.1 Å². The number of rotatable bonds is 9. The zero-order valence-electron chi connectivity index (χ0n) is 19.1. The number of esters is 1. The fraction of sp³-hybridized carbons (Fsp3) is 0.200. The summed E-state index contributed by atoms with van der Waals surface area (Å²) in [5.74, 6) is -0.491. The second kappa shape index (κ2) is 10.8. The monoisotopic (exact) mass is 482 g/mol. The van der Waals surface area contributed by atoms with Crippen LogP contribution in [0.25, 0.3) is 0 Å². The molecule has 3 aromatic carbocycles. The molecule has 8 nitrogen and oxygen atoms in total. The number of para-hydroxylation sites is 1. The number of hydrogen-bond donors (Lipinski definition) is 1. The van der Waals surface area contributed by atoms with Crippen molar-refractivity contribution in [3.63, 3.8) is 0 Å². The number of carbonyl (C=O) groups excluding carboxylic acids is 2. The number of hydrogen-bond acceptors (Lipinski definition) is 6. The molecule has 178 valence electrons. The van der Waals surface area contributed by atoms with Crippen molar-refractivity contribution in [1.29, 1.82) is 0 Å². The number of likely N-dealkylation sites (N-methyl/N-ethyl adjacent to an activating group) is 1. The molecule has 0 aliphatic heterocycles. The number of amides is 1. The first-order valence-electron chi connectivity index (χ1n) is 10.6. The van der Waals surface area contributed by atoms with Crippen LogP contribution in [0.3, 0.4) is 0 Å². The van der Waals surface area contributed by atoms with Crippen molar-refractivity contribution in [2.45, 2.75) is 24.8 Å². The molecule has 3 aromatic rings. The highest BCUT2D eigenvalue weighted by molar-refractivity contribution is 7.92. The number of ether oxygens (including phenoxy) is 2. The van der Waals surface area contributed by atoms with Crippen molar-refractivity contribution >= 4 is 33.3 Å². The molecule has 1 N–H and O–H groups in total. The van der Waals surface area contributed by atoms with Gasteiger partial charge < -0.3 is 14.4 Å². The van der Waals surface area contributed by atoms with E-state index in [1.54, 1.807) is 31.3 Å². The fourth-order valence-electron chi connectivity index (χ4n) is 3.10. The number of sulfonamides is 1. The van der Waals surface area contributed by atoms with Crippen molar-refractivity contribution in [2.75, 3.05) is 23.3 Å². The Hall–Kier alpha value is -3.85. The first-order valence-corrected chi connectivity index (χ1v) is 12.1. The van der Waals surface area contributed by atoms with E-state index in [2.05, 4.69) is 4.72 Å². The molecule has 0 aliphatic rings. The van der Waals surface area contributed by atoms with Gasteiger partial charge in [-0.3, -0.25) is 9.52 Å². The largest absolute Gasteiger partial charge is 0.494 e. The lowest BCUT2D eigenvalue weighted by Gasteiger charge is -2.21. The molecule has 0 fully saturated rings. The molecule has 34 heavy (non-hydrogen) atoms. The minimum atomic E-state index is -3.82. The van der Waals surface area contributed by atoms with E-state index in [0.29, 0.717) is 18.0 Å². The van der Waals surface area contributed by atoms with Gasteiger partial charge in [0, 0.05) is 18.4 Å². The summed E-state index contributed by atoms with van der Waals surface area (Å²) in [5.41, 5.74) is 1.14. The maximum absolute atomic E-state index is 12.6. The van der Waals surface area contributed by atoms with Gasteiger partial charge in [0.15, 0.2) is 6.10 Å². The van der Waals surface area contributed by atoms with E-state index in [1.165, 1.54) is 48.2 Å². The third kappa shape index (κ3) is 6.14. The fourth-order valence-corrected chi connectivity index (χ4v) is 4.16. The van der Waals surface area contributed by atoms with Gasteiger partial charge in [-0.05, 0) is 74.5 Å². The topological polar surface area (TPSA) is 102 Å². The highest BCUT2D eigenvalue weighted by atomic mass is 32.2. The summed E-state index contributed by atoms with van der Waals surface area (Å²) in [7, 11) is -2.21. The number of nitrogens with one attached hydrogen (secondary N) is 1. The minimum Gasteiger partial charge on any atom is -0.494 e. The van der Waals surface area contributed by atoms with Gasteiger partial charge in [0.2, 0.25) is 0 Å². The van der Waals surface area contributed by atoms with Crippen LogP contribution in [-0.4, -0.2) is 40.1 Å². The summed E-state index contributed by atoms with van der Waals surface area (Å²) >= 11 is 0. The number of carbonyl (C=O) groups is 2.